The number of carbonyl (C=O) groups is 1. The number of rotatable bonds is 9. The van der Waals surface area contributed by atoms with Crippen LogP contribution in [0.25, 0.3) is 0 Å². The van der Waals surface area contributed by atoms with Gasteiger partial charge in [0.25, 0.3) is 5.91 Å². The van der Waals surface area contributed by atoms with Crippen LogP contribution in [0.5, 0.6) is 0 Å². The first kappa shape index (κ1) is 16.0. The number of nitrogens with zero attached hydrogens (tertiary/aromatic N) is 1. The van der Waals surface area contributed by atoms with Crippen molar-refractivity contribution >= 4 is 28.2 Å². The topological polar surface area (TPSA) is 89.3 Å². The predicted octanol–water partition coefficient (Wildman–Crippen LogP) is 2.09. The van der Waals surface area contributed by atoms with Gasteiger partial charge in [0.05, 0.1) is 6.61 Å². The predicted molar refractivity (Wildman–Crippen MR) is 85.8 cm³/mol. The maximum atomic E-state index is 12.0. The fraction of sp³-hybridized carbons (Fsp3) is 0.714. The zero-order chi connectivity index (χ0) is 15.2. The van der Waals surface area contributed by atoms with Crippen LogP contribution < -0.4 is 16.4 Å². The van der Waals surface area contributed by atoms with Gasteiger partial charge in [-0.1, -0.05) is 25.2 Å². The lowest BCUT2D eigenvalue weighted by molar-refractivity contribution is 0.0910. The van der Waals surface area contributed by atoms with Gasteiger partial charge in [-0.25, -0.2) is 4.98 Å². The van der Waals surface area contributed by atoms with E-state index in [1.807, 2.05) is 0 Å². The molecule has 2 rings (SSSR count). The molecule has 1 aliphatic carbocycles. The molecule has 0 atom stereocenters. The summed E-state index contributed by atoms with van der Waals surface area (Å²) in [6, 6.07) is 0.501. The number of ether oxygens (including phenoxy) is 1. The Balaban J connectivity index is 1.68. The second-order valence-corrected chi connectivity index (χ2v) is 6.70. The number of nitrogens with one attached hydrogen (secondary N) is 2. The van der Waals surface area contributed by atoms with Gasteiger partial charge in [0.1, 0.15) is 10.7 Å². The molecule has 4 N–H and O–H groups in total. The summed E-state index contributed by atoms with van der Waals surface area (Å²) in [7, 11) is 0. The highest BCUT2D eigenvalue weighted by atomic mass is 32.1. The molecule has 0 aliphatic heterocycles. The number of thiazole rings is 1. The van der Waals surface area contributed by atoms with Crippen LogP contribution in [0, 0.1) is 5.92 Å². The van der Waals surface area contributed by atoms with E-state index in [0.29, 0.717) is 35.8 Å². The standard InChI is InChI=1S/C14H24N4O2S/c1-9(2)5-7-20-8-6-16-13(19)11-12(15)18-14(21-11)17-10-3-4-10/h9-10H,3-8,15H2,1-2H3,(H,16,19)(H,17,18). The number of anilines is 2. The maximum absolute atomic E-state index is 12.0. The van der Waals surface area contributed by atoms with Crippen molar-refractivity contribution in [1.82, 2.24) is 10.3 Å². The van der Waals surface area contributed by atoms with Crippen molar-refractivity contribution in [1.29, 1.82) is 0 Å². The van der Waals surface area contributed by atoms with Gasteiger partial charge in [-0.05, 0) is 25.2 Å². The van der Waals surface area contributed by atoms with Crippen LogP contribution in [0.2, 0.25) is 0 Å². The van der Waals surface area contributed by atoms with Crippen LogP contribution in [-0.4, -0.2) is 36.7 Å². The molecule has 1 aromatic heterocycles. The van der Waals surface area contributed by atoms with Gasteiger partial charge in [0.15, 0.2) is 5.13 Å². The molecule has 1 heterocycles. The van der Waals surface area contributed by atoms with Crippen LogP contribution in [0.4, 0.5) is 10.9 Å². The minimum Gasteiger partial charge on any atom is -0.382 e. The molecular weight excluding hydrogens is 288 g/mol. The van der Waals surface area contributed by atoms with Crippen molar-refractivity contribution in [3.8, 4) is 0 Å². The van der Waals surface area contributed by atoms with E-state index in [1.165, 1.54) is 11.3 Å². The van der Waals surface area contributed by atoms with Crippen molar-refractivity contribution in [2.75, 3.05) is 30.8 Å². The third kappa shape index (κ3) is 5.51. The quantitative estimate of drug-likeness (QED) is 0.608. The van der Waals surface area contributed by atoms with Crippen LogP contribution in [-0.2, 0) is 4.74 Å². The number of hydrogen-bond donors (Lipinski definition) is 3. The molecule has 1 fully saturated rings. The summed E-state index contributed by atoms with van der Waals surface area (Å²) < 4.78 is 5.46. The molecule has 0 spiro atoms. The minimum atomic E-state index is -0.179. The molecule has 1 aromatic rings. The lowest BCUT2D eigenvalue weighted by atomic mass is 10.1. The number of carbonyl (C=O) groups excluding carboxylic acids is 1. The van der Waals surface area contributed by atoms with Crippen LogP contribution in [0.3, 0.4) is 0 Å². The third-order valence-electron chi connectivity index (χ3n) is 3.14. The smallest absolute Gasteiger partial charge is 0.265 e. The number of nitrogens with two attached hydrogens (primary N) is 1. The normalized spacial score (nSPS) is 14.4. The molecule has 0 bridgehead atoms. The van der Waals surface area contributed by atoms with Gasteiger partial charge in [0, 0.05) is 19.2 Å². The van der Waals surface area contributed by atoms with Crippen molar-refractivity contribution < 1.29 is 9.53 Å². The van der Waals surface area contributed by atoms with Gasteiger partial charge in [-0.2, -0.15) is 0 Å². The molecule has 6 nitrogen and oxygen atoms in total. The average Bonchev–Trinajstić information content (AvgIpc) is 3.15. The Morgan fingerprint density at radius 2 is 2.24 bits per heavy atom. The maximum Gasteiger partial charge on any atom is 0.265 e. The van der Waals surface area contributed by atoms with Crippen LogP contribution >= 0.6 is 11.3 Å². The van der Waals surface area contributed by atoms with Crippen molar-refractivity contribution in [3.05, 3.63) is 4.88 Å². The fourth-order valence-corrected chi connectivity index (χ4v) is 2.57. The lowest BCUT2D eigenvalue weighted by Gasteiger charge is -2.07. The second-order valence-electron chi connectivity index (χ2n) is 5.70. The number of nitrogen functional groups attached to an aromatic ring is 1. The van der Waals surface area contributed by atoms with Gasteiger partial charge in [-0.3, -0.25) is 4.79 Å². The Labute approximate surface area is 129 Å². The Kier molecular flexibility index (Phi) is 5.81. The van der Waals surface area contributed by atoms with Gasteiger partial charge >= 0.3 is 0 Å². The number of hydrogen-bond acceptors (Lipinski definition) is 6. The summed E-state index contributed by atoms with van der Waals surface area (Å²) in [6.45, 7) is 6.05. The van der Waals surface area contributed by atoms with Gasteiger partial charge < -0.3 is 21.1 Å². The highest BCUT2D eigenvalue weighted by Gasteiger charge is 2.24. The summed E-state index contributed by atoms with van der Waals surface area (Å²) in [5, 5.41) is 6.79. The Bertz CT molecular complexity index is 472. The van der Waals surface area contributed by atoms with Crippen molar-refractivity contribution in [2.45, 2.75) is 39.2 Å². The molecule has 118 valence electrons. The Morgan fingerprint density at radius 1 is 1.48 bits per heavy atom. The minimum absolute atomic E-state index is 0.179. The highest BCUT2D eigenvalue weighted by Crippen LogP contribution is 2.30. The first-order valence-corrected chi connectivity index (χ1v) is 8.26. The van der Waals surface area contributed by atoms with Gasteiger partial charge in [0.2, 0.25) is 0 Å². The average molecular weight is 312 g/mol. The third-order valence-corrected chi connectivity index (χ3v) is 4.14. The Hall–Kier alpha value is -1.34. The molecule has 1 aliphatic rings. The highest BCUT2D eigenvalue weighted by molar-refractivity contribution is 7.18. The first-order valence-electron chi connectivity index (χ1n) is 7.45. The lowest BCUT2D eigenvalue weighted by Crippen LogP contribution is -2.27. The van der Waals surface area contributed by atoms with Crippen molar-refractivity contribution in [2.24, 2.45) is 5.92 Å². The zero-order valence-corrected chi connectivity index (χ0v) is 13.5. The summed E-state index contributed by atoms with van der Waals surface area (Å²) >= 11 is 1.31. The largest absolute Gasteiger partial charge is 0.382 e. The van der Waals surface area contributed by atoms with Crippen molar-refractivity contribution in [3.63, 3.8) is 0 Å². The summed E-state index contributed by atoms with van der Waals surface area (Å²) in [5.74, 6) is 0.747. The molecule has 0 aromatic carbocycles. The summed E-state index contributed by atoms with van der Waals surface area (Å²) in [6.07, 6.45) is 3.36. The van der Waals surface area contributed by atoms with E-state index >= 15 is 0 Å². The second kappa shape index (κ2) is 7.61. The van der Waals surface area contributed by atoms with E-state index in [-0.39, 0.29) is 5.91 Å². The van der Waals surface area contributed by atoms with Gasteiger partial charge in [-0.15, -0.1) is 0 Å². The van der Waals surface area contributed by atoms with E-state index in [1.54, 1.807) is 0 Å². The number of amides is 1. The van der Waals surface area contributed by atoms with E-state index in [0.717, 1.165) is 31.0 Å². The molecule has 21 heavy (non-hydrogen) atoms. The van der Waals surface area contributed by atoms with E-state index < -0.39 is 0 Å². The molecule has 0 saturated heterocycles. The summed E-state index contributed by atoms with van der Waals surface area (Å²) in [4.78, 5) is 16.7. The molecule has 1 amide bonds. The molecule has 0 unspecified atom stereocenters. The fourth-order valence-electron chi connectivity index (χ4n) is 1.70. The molecule has 7 heteroatoms. The van der Waals surface area contributed by atoms with E-state index in [4.69, 9.17) is 10.5 Å². The SMILES string of the molecule is CC(C)CCOCCNC(=O)c1sc(NC2CC2)nc1N. The van der Waals surface area contributed by atoms with Crippen LogP contribution in [0.15, 0.2) is 0 Å². The molecule has 0 radical (unpaired) electrons. The number of aromatic nitrogens is 1. The Morgan fingerprint density at radius 3 is 2.90 bits per heavy atom. The zero-order valence-electron chi connectivity index (χ0n) is 12.6. The van der Waals surface area contributed by atoms with E-state index in [9.17, 15) is 4.79 Å². The van der Waals surface area contributed by atoms with E-state index in [2.05, 4.69) is 29.5 Å². The summed E-state index contributed by atoms with van der Waals surface area (Å²) in [5.41, 5.74) is 5.79. The monoisotopic (exact) mass is 312 g/mol. The van der Waals surface area contributed by atoms with Crippen LogP contribution in [0.1, 0.15) is 42.8 Å². The first-order chi connectivity index (χ1) is 10.1. The molecule has 1 saturated carbocycles. The molecular formula is C14H24N4O2S.